The molecule has 0 atom stereocenters. The summed E-state index contributed by atoms with van der Waals surface area (Å²) in [6.07, 6.45) is 8.56. The zero-order valence-electron chi connectivity index (χ0n) is 9.66. The molecule has 0 radical (unpaired) electrons. The molecule has 1 aliphatic rings. The zero-order chi connectivity index (χ0) is 10.7. The predicted octanol–water partition coefficient (Wildman–Crippen LogP) is 2.96. The van der Waals surface area contributed by atoms with E-state index in [0.717, 1.165) is 6.54 Å². The molecule has 0 saturated heterocycles. The first kappa shape index (κ1) is 13.7. The normalized spacial score (nSPS) is 19.1. The molecule has 3 nitrogen and oxygen atoms in total. The molecule has 1 fully saturated rings. The molecule has 5 heteroatoms. The number of hydrogen-bond acceptors (Lipinski definition) is 4. The lowest BCUT2D eigenvalue weighted by atomic mass is 9.83. The summed E-state index contributed by atoms with van der Waals surface area (Å²) in [6.45, 7) is 3.24. The molecule has 2 rings (SSSR count). The molecule has 0 bridgehead atoms. The topological polar surface area (TPSA) is 50.9 Å². The number of rotatable bonds is 3. The Morgan fingerprint density at radius 2 is 2.12 bits per heavy atom. The summed E-state index contributed by atoms with van der Waals surface area (Å²) in [5.74, 6) is 0. The molecule has 0 unspecified atom stereocenters. The highest BCUT2D eigenvalue weighted by atomic mass is 35.5. The molecule has 16 heavy (non-hydrogen) atoms. The van der Waals surface area contributed by atoms with Crippen LogP contribution in [0.25, 0.3) is 0 Å². The number of hydrogen-bond donors (Lipinski definition) is 2. The molecule has 1 aromatic heterocycles. The first-order valence-corrected chi connectivity index (χ1v) is 6.45. The number of halogens is 1. The highest BCUT2D eigenvalue weighted by molar-refractivity contribution is 7.15. The van der Waals surface area contributed by atoms with Crippen molar-refractivity contribution in [2.24, 2.45) is 0 Å². The SMILES string of the molecule is CC1(NCc2cnc(N)s2)CCCCC1.Cl. The Hall–Kier alpha value is -0.320. The van der Waals surface area contributed by atoms with Gasteiger partial charge >= 0.3 is 0 Å². The number of nitrogens with two attached hydrogens (primary N) is 1. The van der Waals surface area contributed by atoms with E-state index in [1.54, 1.807) is 11.3 Å². The summed E-state index contributed by atoms with van der Waals surface area (Å²) in [5, 5.41) is 4.31. The number of nitrogens with zero attached hydrogens (tertiary/aromatic N) is 1. The average molecular weight is 262 g/mol. The molecule has 1 heterocycles. The number of nitrogen functional groups attached to an aromatic ring is 1. The van der Waals surface area contributed by atoms with Crippen LogP contribution in [0.3, 0.4) is 0 Å². The lowest BCUT2D eigenvalue weighted by Crippen LogP contribution is -2.43. The van der Waals surface area contributed by atoms with Crippen LogP contribution in [-0.4, -0.2) is 10.5 Å². The Morgan fingerprint density at radius 1 is 1.44 bits per heavy atom. The van der Waals surface area contributed by atoms with Gasteiger partial charge in [0.25, 0.3) is 0 Å². The Kier molecular flexibility index (Phi) is 5.02. The van der Waals surface area contributed by atoms with Gasteiger partial charge in [-0.05, 0) is 19.8 Å². The quantitative estimate of drug-likeness (QED) is 0.880. The van der Waals surface area contributed by atoms with Gasteiger partial charge in [-0.2, -0.15) is 0 Å². The minimum Gasteiger partial charge on any atom is -0.375 e. The Morgan fingerprint density at radius 3 is 2.69 bits per heavy atom. The largest absolute Gasteiger partial charge is 0.375 e. The van der Waals surface area contributed by atoms with E-state index in [9.17, 15) is 0 Å². The molecule has 3 N–H and O–H groups in total. The fraction of sp³-hybridized carbons (Fsp3) is 0.727. The smallest absolute Gasteiger partial charge is 0.180 e. The second kappa shape index (κ2) is 5.84. The average Bonchev–Trinajstić information content (AvgIpc) is 2.63. The lowest BCUT2D eigenvalue weighted by molar-refractivity contribution is 0.253. The molecule has 1 aromatic rings. The van der Waals surface area contributed by atoms with Crippen LogP contribution in [0.4, 0.5) is 5.13 Å². The summed E-state index contributed by atoms with van der Waals surface area (Å²) < 4.78 is 0. The van der Waals surface area contributed by atoms with Gasteiger partial charge < -0.3 is 11.1 Å². The van der Waals surface area contributed by atoms with Crippen molar-refractivity contribution in [2.45, 2.75) is 51.1 Å². The second-order valence-corrected chi connectivity index (χ2v) is 5.79. The highest BCUT2D eigenvalue weighted by Crippen LogP contribution is 2.28. The van der Waals surface area contributed by atoms with Gasteiger partial charge in [-0.1, -0.05) is 19.3 Å². The Balaban J connectivity index is 0.00000128. The molecule has 0 aliphatic heterocycles. The van der Waals surface area contributed by atoms with E-state index < -0.39 is 0 Å². The minimum atomic E-state index is 0. The van der Waals surface area contributed by atoms with Crippen molar-refractivity contribution in [2.75, 3.05) is 5.73 Å². The van der Waals surface area contributed by atoms with E-state index in [4.69, 9.17) is 5.73 Å². The monoisotopic (exact) mass is 261 g/mol. The zero-order valence-corrected chi connectivity index (χ0v) is 11.3. The summed E-state index contributed by atoms with van der Waals surface area (Å²) in [7, 11) is 0. The van der Waals surface area contributed by atoms with Crippen LogP contribution >= 0.6 is 23.7 Å². The summed E-state index contributed by atoms with van der Waals surface area (Å²) in [4.78, 5) is 5.29. The second-order valence-electron chi connectivity index (χ2n) is 4.64. The van der Waals surface area contributed by atoms with E-state index in [1.807, 2.05) is 6.20 Å². The highest BCUT2D eigenvalue weighted by Gasteiger charge is 2.25. The van der Waals surface area contributed by atoms with Crippen LogP contribution in [0.15, 0.2) is 6.20 Å². The first-order chi connectivity index (χ1) is 7.18. The fourth-order valence-corrected chi connectivity index (χ4v) is 2.84. The van der Waals surface area contributed by atoms with Crippen LogP contribution in [0.2, 0.25) is 0 Å². The van der Waals surface area contributed by atoms with Crippen LogP contribution in [-0.2, 0) is 6.54 Å². The van der Waals surface area contributed by atoms with E-state index in [1.165, 1.54) is 37.0 Å². The molecular formula is C11H20ClN3S. The lowest BCUT2D eigenvalue weighted by Gasteiger charge is -2.34. The van der Waals surface area contributed by atoms with Crippen molar-refractivity contribution in [3.05, 3.63) is 11.1 Å². The maximum absolute atomic E-state index is 5.60. The van der Waals surface area contributed by atoms with E-state index >= 15 is 0 Å². The van der Waals surface area contributed by atoms with Crippen molar-refractivity contribution < 1.29 is 0 Å². The van der Waals surface area contributed by atoms with Gasteiger partial charge in [0.1, 0.15) is 0 Å². The van der Waals surface area contributed by atoms with Gasteiger partial charge in [-0.15, -0.1) is 23.7 Å². The molecular weight excluding hydrogens is 242 g/mol. The van der Waals surface area contributed by atoms with Gasteiger partial charge in [0.05, 0.1) is 0 Å². The molecule has 0 spiro atoms. The van der Waals surface area contributed by atoms with Gasteiger partial charge in [-0.25, -0.2) is 4.98 Å². The van der Waals surface area contributed by atoms with Crippen molar-refractivity contribution in [3.8, 4) is 0 Å². The van der Waals surface area contributed by atoms with Gasteiger partial charge in [0.2, 0.25) is 0 Å². The van der Waals surface area contributed by atoms with Crippen LogP contribution in [0.1, 0.15) is 43.9 Å². The molecule has 0 amide bonds. The third-order valence-electron chi connectivity index (χ3n) is 3.22. The fourth-order valence-electron chi connectivity index (χ4n) is 2.21. The number of aromatic nitrogens is 1. The predicted molar refractivity (Wildman–Crippen MR) is 72.1 cm³/mol. The number of thiazole rings is 1. The molecule has 0 aromatic carbocycles. The van der Waals surface area contributed by atoms with E-state index in [0.29, 0.717) is 10.7 Å². The van der Waals surface area contributed by atoms with Crippen LogP contribution in [0.5, 0.6) is 0 Å². The molecule has 92 valence electrons. The van der Waals surface area contributed by atoms with Crippen LogP contribution < -0.4 is 11.1 Å². The van der Waals surface area contributed by atoms with Gasteiger partial charge in [0.15, 0.2) is 5.13 Å². The van der Waals surface area contributed by atoms with Crippen molar-refractivity contribution in [3.63, 3.8) is 0 Å². The third kappa shape index (κ3) is 3.61. The van der Waals surface area contributed by atoms with E-state index in [2.05, 4.69) is 17.2 Å². The van der Waals surface area contributed by atoms with Crippen LogP contribution in [0, 0.1) is 0 Å². The third-order valence-corrected chi connectivity index (χ3v) is 4.04. The van der Waals surface area contributed by atoms with Crippen molar-refractivity contribution in [1.82, 2.24) is 10.3 Å². The summed E-state index contributed by atoms with van der Waals surface area (Å²) >= 11 is 1.58. The molecule has 1 saturated carbocycles. The number of nitrogens with one attached hydrogen (secondary N) is 1. The maximum Gasteiger partial charge on any atom is 0.180 e. The maximum atomic E-state index is 5.60. The minimum absolute atomic E-state index is 0. The van der Waals surface area contributed by atoms with E-state index in [-0.39, 0.29) is 12.4 Å². The molecule has 1 aliphatic carbocycles. The Bertz CT molecular complexity index is 321. The van der Waals surface area contributed by atoms with Gasteiger partial charge in [-0.3, -0.25) is 0 Å². The van der Waals surface area contributed by atoms with Gasteiger partial charge in [0, 0.05) is 23.2 Å². The summed E-state index contributed by atoms with van der Waals surface area (Å²) in [5.41, 5.74) is 5.93. The standard InChI is InChI=1S/C11H19N3S.ClH/c1-11(5-3-2-4-6-11)14-8-9-7-13-10(12)15-9;/h7,14H,2-6,8H2,1H3,(H2,12,13);1H. The summed E-state index contributed by atoms with van der Waals surface area (Å²) in [6, 6.07) is 0. The van der Waals surface area contributed by atoms with Crippen molar-refractivity contribution >= 4 is 28.9 Å². The van der Waals surface area contributed by atoms with Crippen molar-refractivity contribution in [1.29, 1.82) is 0 Å². The Labute approximate surface area is 107 Å². The number of anilines is 1. The first-order valence-electron chi connectivity index (χ1n) is 5.63.